The van der Waals surface area contributed by atoms with E-state index in [1.54, 1.807) is 18.9 Å². The molecule has 0 unspecified atom stereocenters. The van der Waals surface area contributed by atoms with Crippen molar-refractivity contribution in [2.45, 2.75) is 42.4 Å². The molecule has 2 N–H and O–H groups in total. The van der Waals surface area contributed by atoms with Gasteiger partial charge in [0.2, 0.25) is 0 Å². The molecule has 0 radical (unpaired) electrons. The Labute approximate surface area is 114 Å². The van der Waals surface area contributed by atoms with Crippen molar-refractivity contribution in [2.24, 2.45) is 5.73 Å². The Morgan fingerprint density at radius 1 is 1.28 bits per heavy atom. The van der Waals surface area contributed by atoms with Crippen LogP contribution in [0.25, 0.3) is 0 Å². The van der Waals surface area contributed by atoms with Gasteiger partial charge in [-0.15, -0.1) is 11.8 Å². The molecule has 1 fully saturated rings. The third-order valence-electron chi connectivity index (χ3n) is 4.18. The highest BCUT2D eigenvalue weighted by Gasteiger charge is 2.34. The van der Waals surface area contributed by atoms with E-state index in [1.807, 2.05) is 0 Å². The van der Waals surface area contributed by atoms with Crippen LogP contribution < -0.4 is 10.5 Å². The number of methoxy groups -OCH3 is 1. The minimum atomic E-state index is 0.139. The van der Waals surface area contributed by atoms with Crippen LogP contribution in [-0.2, 0) is 5.41 Å². The lowest BCUT2D eigenvalue weighted by Crippen LogP contribution is -2.37. The Kier molecular flexibility index (Phi) is 4.57. The summed E-state index contributed by atoms with van der Waals surface area (Å²) in [5, 5.41) is 0. The highest BCUT2D eigenvalue weighted by atomic mass is 32.2. The summed E-state index contributed by atoms with van der Waals surface area (Å²) in [7, 11) is 1.76. The third kappa shape index (κ3) is 2.52. The van der Waals surface area contributed by atoms with Crippen molar-refractivity contribution in [3.8, 4) is 5.75 Å². The first kappa shape index (κ1) is 13.8. The molecule has 0 saturated heterocycles. The Morgan fingerprint density at radius 3 is 2.56 bits per heavy atom. The molecular weight excluding hydrogens is 242 g/mol. The van der Waals surface area contributed by atoms with Gasteiger partial charge in [0.05, 0.1) is 7.11 Å². The molecule has 18 heavy (non-hydrogen) atoms. The summed E-state index contributed by atoms with van der Waals surface area (Å²) >= 11 is 1.75. The smallest absolute Gasteiger partial charge is 0.123 e. The summed E-state index contributed by atoms with van der Waals surface area (Å²) in [4.78, 5) is 1.25. The maximum absolute atomic E-state index is 6.10. The molecule has 3 heteroatoms. The number of thioether (sulfide) groups is 1. The normalized spacial score (nSPS) is 18.6. The van der Waals surface area contributed by atoms with E-state index in [-0.39, 0.29) is 5.41 Å². The van der Waals surface area contributed by atoms with Gasteiger partial charge in [0.25, 0.3) is 0 Å². The first-order valence-electron chi connectivity index (χ1n) is 6.68. The molecule has 1 aromatic rings. The number of hydrogen-bond acceptors (Lipinski definition) is 3. The van der Waals surface area contributed by atoms with E-state index in [2.05, 4.69) is 24.5 Å². The Morgan fingerprint density at radius 2 is 2.00 bits per heavy atom. The van der Waals surface area contributed by atoms with Gasteiger partial charge in [-0.1, -0.05) is 25.3 Å². The van der Waals surface area contributed by atoms with Crippen LogP contribution in [0.1, 0.15) is 37.7 Å². The van der Waals surface area contributed by atoms with Gasteiger partial charge in [0.1, 0.15) is 5.75 Å². The molecule has 0 heterocycles. The third-order valence-corrected chi connectivity index (χ3v) is 4.91. The standard InChI is InChI=1S/C15H23NOS/c1-17-14-10-12(18-2)6-7-13(14)15(11-16)8-4-3-5-9-15/h6-7,10H,3-5,8-9,11,16H2,1-2H3. The molecule has 1 aliphatic carbocycles. The minimum absolute atomic E-state index is 0.139. The lowest BCUT2D eigenvalue weighted by Gasteiger charge is -2.37. The second kappa shape index (κ2) is 5.98. The summed E-state index contributed by atoms with van der Waals surface area (Å²) in [6.45, 7) is 0.724. The van der Waals surface area contributed by atoms with Crippen molar-refractivity contribution in [1.82, 2.24) is 0 Å². The van der Waals surface area contributed by atoms with Gasteiger partial charge in [-0.2, -0.15) is 0 Å². The highest BCUT2D eigenvalue weighted by Crippen LogP contribution is 2.43. The molecule has 0 amide bonds. The largest absolute Gasteiger partial charge is 0.496 e. The van der Waals surface area contributed by atoms with Gasteiger partial charge in [-0.25, -0.2) is 0 Å². The monoisotopic (exact) mass is 265 g/mol. The van der Waals surface area contributed by atoms with Crippen LogP contribution in [0.2, 0.25) is 0 Å². The van der Waals surface area contributed by atoms with Gasteiger partial charge in [0.15, 0.2) is 0 Å². The van der Waals surface area contributed by atoms with E-state index in [9.17, 15) is 0 Å². The van der Waals surface area contributed by atoms with E-state index in [4.69, 9.17) is 10.5 Å². The van der Waals surface area contributed by atoms with Crippen LogP contribution in [0.3, 0.4) is 0 Å². The first-order valence-corrected chi connectivity index (χ1v) is 7.91. The van der Waals surface area contributed by atoms with Crippen molar-refractivity contribution < 1.29 is 4.74 Å². The topological polar surface area (TPSA) is 35.2 Å². The van der Waals surface area contributed by atoms with Crippen LogP contribution in [0, 0.1) is 0 Å². The van der Waals surface area contributed by atoms with E-state index < -0.39 is 0 Å². The number of ether oxygens (including phenoxy) is 1. The van der Waals surface area contributed by atoms with Gasteiger partial charge in [0, 0.05) is 22.4 Å². The fraction of sp³-hybridized carbons (Fsp3) is 0.600. The van der Waals surface area contributed by atoms with Crippen LogP contribution in [-0.4, -0.2) is 19.9 Å². The summed E-state index contributed by atoms with van der Waals surface area (Å²) in [5.41, 5.74) is 7.55. The summed E-state index contributed by atoms with van der Waals surface area (Å²) in [6, 6.07) is 6.56. The fourth-order valence-corrected chi connectivity index (χ4v) is 3.48. The zero-order valence-corrected chi connectivity index (χ0v) is 12.2. The van der Waals surface area contributed by atoms with Gasteiger partial charge < -0.3 is 10.5 Å². The zero-order valence-electron chi connectivity index (χ0n) is 11.4. The molecule has 0 spiro atoms. The first-order chi connectivity index (χ1) is 8.75. The minimum Gasteiger partial charge on any atom is -0.496 e. The second-order valence-corrected chi connectivity index (χ2v) is 5.99. The van der Waals surface area contributed by atoms with Crippen LogP contribution in [0.5, 0.6) is 5.75 Å². The Bertz CT molecular complexity index is 399. The lowest BCUT2D eigenvalue weighted by atomic mass is 9.69. The summed E-state index contributed by atoms with van der Waals surface area (Å²) in [6.07, 6.45) is 8.38. The van der Waals surface area contributed by atoms with Crippen LogP contribution in [0.15, 0.2) is 23.1 Å². The number of rotatable bonds is 4. The van der Waals surface area contributed by atoms with Crippen molar-refractivity contribution in [3.63, 3.8) is 0 Å². The molecule has 1 aromatic carbocycles. The predicted octanol–water partition coefficient (Wildman–Crippen LogP) is 3.58. The van der Waals surface area contributed by atoms with Gasteiger partial charge in [-0.3, -0.25) is 0 Å². The molecule has 1 saturated carbocycles. The molecule has 0 atom stereocenters. The molecule has 2 nitrogen and oxygen atoms in total. The molecule has 1 aliphatic rings. The van der Waals surface area contributed by atoms with Gasteiger partial charge >= 0.3 is 0 Å². The molecule has 100 valence electrons. The quantitative estimate of drug-likeness (QED) is 0.845. The van der Waals surface area contributed by atoms with Crippen LogP contribution in [0.4, 0.5) is 0 Å². The van der Waals surface area contributed by atoms with E-state index in [0.29, 0.717) is 0 Å². The SMILES string of the molecule is COc1cc(SC)ccc1C1(CN)CCCCC1. The van der Waals surface area contributed by atoms with Gasteiger partial charge in [-0.05, 0) is 31.2 Å². The fourth-order valence-electron chi connectivity index (χ4n) is 3.05. The summed E-state index contributed by atoms with van der Waals surface area (Å²) in [5.74, 6) is 1.01. The number of benzene rings is 1. The summed E-state index contributed by atoms with van der Waals surface area (Å²) < 4.78 is 5.60. The maximum Gasteiger partial charge on any atom is 0.123 e. The predicted molar refractivity (Wildman–Crippen MR) is 78.6 cm³/mol. The van der Waals surface area contributed by atoms with Crippen molar-refractivity contribution >= 4 is 11.8 Å². The van der Waals surface area contributed by atoms with Crippen LogP contribution >= 0.6 is 11.8 Å². The molecule has 2 rings (SSSR count). The van der Waals surface area contributed by atoms with E-state index in [1.165, 1.54) is 42.6 Å². The zero-order chi connectivity index (χ0) is 13.0. The molecular formula is C15H23NOS. The maximum atomic E-state index is 6.10. The van der Waals surface area contributed by atoms with Crippen molar-refractivity contribution in [3.05, 3.63) is 23.8 Å². The molecule has 0 bridgehead atoms. The van der Waals surface area contributed by atoms with E-state index in [0.717, 1.165) is 12.3 Å². The van der Waals surface area contributed by atoms with Crippen molar-refractivity contribution in [1.29, 1.82) is 0 Å². The molecule has 0 aromatic heterocycles. The van der Waals surface area contributed by atoms with E-state index >= 15 is 0 Å². The Balaban J connectivity index is 2.40. The number of hydrogen-bond donors (Lipinski definition) is 1. The second-order valence-electron chi connectivity index (χ2n) is 5.11. The van der Waals surface area contributed by atoms with Crippen molar-refractivity contribution in [2.75, 3.05) is 19.9 Å². The average molecular weight is 265 g/mol. The lowest BCUT2D eigenvalue weighted by molar-refractivity contribution is 0.287. The molecule has 0 aliphatic heterocycles. The number of nitrogens with two attached hydrogens (primary N) is 1. The average Bonchev–Trinajstić information content (AvgIpc) is 2.47. The highest BCUT2D eigenvalue weighted by molar-refractivity contribution is 7.98. The Hall–Kier alpha value is -0.670.